The van der Waals surface area contributed by atoms with Crippen LogP contribution in [0.1, 0.15) is 15.9 Å². The minimum atomic E-state index is -4.12. The van der Waals surface area contributed by atoms with Gasteiger partial charge in [-0.3, -0.25) is 4.79 Å². The molecule has 1 aliphatic rings. The van der Waals surface area contributed by atoms with Gasteiger partial charge in [0.2, 0.25) is 0 Å². The number of nitrogens with zero attached hydrogens (tertiary/aromatic N) is 1. The highest BCUT2D eigenvalue weighted by Crippen LogP contribution is 2.40. The van der Waals surface area contributed by atoms with Crippen molar-refractivity contribution in [3.05, 3.63) is 77.9 Å². The van der Waals surface area contributed by atoms with E-state index >= 15 is 0 Å². The molecular weight excluding hydrogens is 376 g/mol. The Morgan fingerprint density at radius 1 is 0.929 bits per heavy atom. The van der Waals surface area contributed by atoms with Gasteiger partial charge in [-0.15, -0.1) is 0 Å². The number of para-hydroxylation sites is 1. The van der Waals surface area contributed by atoms with Gasteiger partial charge in [-0.1, -0.05) is 29.8 Å². The lowest BCUT2D eigenvalue weighted by Gasteiger charge is -2.23. The van der Waals surface area contributed by atoms with Crippen molar-refractivity contribution in [2.75, 3.05) is 16.7 Å². The van der Waals surface area contributed by atoms with Gasteiger partial charge in [0.15, 0.2) is 0 Å². The second-order valence-electron chi connectivity index (χ2n) is 6.44. The fourth-order valence-corrected chi connectivity index (χ4v) is 4.54. The molecule has 1 aliphatic heterocycles. The third-order valence-electron chi connectivity index (χ3n) is 4.59. The largest absolute Gasteiger partial charge is 0.497 e. The zero-order valence-electron chi connectivity index (χ0n) is 15.3. The first-order valence-electron chi connectivity index (χ1n) is 8.62. The summed E-state index contributed by atoms with van der Waals surface area (Å²) in [6.45, 7) is 1.87. The van der Waals surface area contributed by atoms with E-state index in [2.05, 4.69) is 5.32 Å². The number of fused-ring (bicyclic) bond motifs is 2. The Hall–Kier alpha value is -3.32. The van der Waals surface area contributed by atoms with Crippen LogP contribution in [0.4, 0.5) is 17.1 Å². The first-order chi connectivity index (χ1) is 13.4. The fourth-order valence-electron chi connectivity index (χ4n) is 3.12. The molecule has 0 unspecified atom stereocenters. The van der Waals surface area contributed by atoms with Crippen LogP contribution in [-0.4, -0.2) is 21.4 Å². The van der Waals surface area contributed by atoms with Crippen LogP contribution >= 0.6 is 0 Å². The minimum absolute atomic E-state index is 0.0487. The van der Waals surface area contributed by atoms with Gasteiger partial charge in [-0.25, -0.2) is 8.42 Å². The number of rotatable bonds is 3. The standard InChI is InChI=1S/C21H18N2O4S/c1-14-7-10-16(11-8-14)28(25,26)23-20-12-9-15(27-2)13-19(20)22-18-6-4-3-5-17(18)21(23)24/h3-13,22H,1-2H3. The Morgan fingerprint density at radius 2 is 1.64 bits per heavy atom. The number of hydrogen-bond acceptors (Lipinski definition) is 5. The Bertz CT molecular complexity index is 1170. The molecule has 3 aromatic carbocycles. The second kappa shape index (κ2) is 6.69. The van der Waals surface area contributed by atoms with Crippen molar-refractivity contribution in [2.45, 2.75) is 11.8 Å². The zero-order chi connectivity index (χ0) is 19.9. The number of nitrogens with one attached hydrogen (secondary N) is 1. The van der Waals surface area contributed by atoms with E-state index in [4.69, 9.17) is 4.74 Å². The number of anilines is 3. The van der Waals surface area contributed by atoms with E-state index in [0.717, 1.165) is 9.87 Å². The monoisotopic (exact) mass is 394 g/mol. The van der Waals surface area contributed by atoms with Gasteiger partial charge >= 0.3 is 0 Å². The van der Waals surface area contributed by atoms with E-state index in [-0.39, 0.29) is 16.1 Å². The van der Waals surface area contributed by atoms with Crippen molar-refractivity contribution in [3.8, 4) is 5.75 Å². The molecule has 0 atom stereocenters. The molecule has 142 valence electrons. The van der Waals surface area contributed by atoms with Crippen LogP contribution in [0.25, 0.3) is 0 Å². The third-order valence-corrected chi connectivity index (χ3v) is 6.30. The number of carbonyl (C=O) groups excluding carboxylic acids is 1. The van der Waals surface area contributed by atoms with Gasteiger partial charge in [0, 0.05) is 6.07 Å². The maximum Gasteiger partial charge on any atom is 0.274 e. The summed E-state index contributed by atoms with van der Waals surface area (Å²) in [6, 6.07) is 18.1. The molecule has 0 aromatic heterocycles. The summed E-state index contributed by atoms with van der Waals surface area (Å²) in [7, 11) is -2.60. The highest BCUT2D eigenvalue weighted by molar-refractivity contribution is 7.93. The third kappa shape index (κ3) is 2.90. The maximum atomic E-state index is 13.4. The van der Waals surface area contributed by atoms with Crippen LogP contribution in [-0.2, 0) is 10.0 Å². The number of ether oxygens (including phenoxy) is 1. The van der Waals surface area contributed by atoms with Gasteiger partial charge in [0.05, 0.1) is 34.6 Å². The smallest absolute Gasteiger partial charge is 0.274 e. The van der Waals surface area contributed by atoms with E-state index in [1.54, 1.807) is 54.6 Å². The van der Waals surface area contributed by atoms with Gasteiger partial charge in [0.1, 0.15) is 5.75 Å². The summed E-state index contributed by atoms with van der Waals surface area (Å²) in [4.78, 5) is 13.4. The predicted molar refractivity (Wildman–Crippen MR) is 108 cm³/mol. The average molecular weight is 394 g/mol. The van der Waals surface area contributed by atoms with Gasteiger partial charge < -0.3 is 10.1 Å². The molecule has 0 radical (unpaired) electrons. The molecule has 0 aliphatic carbocycles. The minimum Gasteiger partial charge on any atom is -0.497 e. The van der Waals surface area contributed by atoms with Gasteiger partial charge in [0.25, 0.3) is 15.9 Å². The van der Waals surface area contributed by atoms with Gasteiger partial charge in [-0.2, -0.15) is 4.31 Å². The summed E-state index contributed by atoms with van der Waals surface area (Å²) in [5.41, 5.74) is 2.44. The van der Waals surface area contributed by atoms with Crippen LogP contribution < -0.4 is 14.4 Å². The number of carbonyl (C=O) groups is 1. The molecule has 28 heavy (non-hydrogen) atoms. The Balaban J connectivity index is 1.97. The first kappa shape index (κ1) is 18.1. The van der Waals surface area contributed by atoms with Crippen LogP contribution in [0, 0.1) is 6.92 Å². The zero-order valence-corrected chi connectivity index (χ0v) is 16.2. The molecular formula is C21H18N2O4S. The molecule has 3 aromatic rings. The molecule has 1 heterocycles. The van der Waals surface area contributed by atoms with Crippen molar-refractivity contribution in [1.29, 1.82) is 0 Å². The molecule has 7 heteroatoms. The van der Waals surface area contributed by atoms with Crippen LogP contribution in [0.3, 0.4) is 0 Å². The van der Waals surface area contributed by atoms with Crippen molar-refractivity contribution >= 4 is 33.0 Å². The summed E-state index contributed by atoms with van der Waals surface area (Å²) in [6.07, 6.45) is 0. The van der Waals surface area contributed by atoms with E-state index < -0.39 is 15.9 Å². The van der Waals surface area contributed by atoms with Crippen LogP contribution in [0.5, 0.6) is 5.75 Å². The lowest BCUT2D eigenvalue weighted by Crippen LogP contribution is -2.36. The van der Waals surface area contributed by atoms with Crippen LogP contribution in [0.15, 0.2) is 71.6 Å². The van der Waals surface area contributed by atoms with Crippen molar-refractivity contribution < 1.29 is 17.9 Å². The molecule has 0 fully saturated rings. The molecule has 1 amide bonds. The van der Waals surface area contributed by atoms with E-state index in [1.807, 2.05) is 6.92 Å². The lowest BCUT2D eigenvalue weighted by atomic mass is 10.1. The number of benzene rings is 3. The quantitative estimate of drug-likeness (QED) is 0.724. The first-order valence-corrected chi connectivity index (χ1v) is 10.1. The van der Waals surface area contributed by atoms with E-state index in [0.29, 0.717) is 17.1 Å². The number of sulfonamides is 1. The number of hydrogen-bond donors (Lipinski definition) is 1. The Labute approximate surface area is 163 Å². The van der Waals surface area contributed by atoms with Gasteiger partial charge in [-0.05, 0) is 43.3 Å². The summed E-state index contributed by atoms with van der Waals surface area (Å²) in [5.74, 6) is -0.0710. The molecule has 0 spiro atoms. The van der Waals surface area contributed by atoms with Crippen molar-refractivity contribution in [2.24, 2.45) is 0 Å². The molecule has 1 N–H and O–H groups in total. The summed E-state index contributed by atoms with van der Waals surface area (Å²) < 4.78 is 33.0. The van der Waals surface area contributed by atoms with Crippen molar-refractivity contribution in [3.63, 3.8) is 0 Å². The fraction of sp³-hybridized carbons (Fsp3) is 0.0952. The SMILES string of the molecule is COc1ccc2c(c1)Nc1ccccc1C(=O)N2S(=O)(=O)c1ccc(C)cc1. The average Bonchev–Trinajstić information content (AvgIpc) is 2.82. The molecule has 4 rings (SSSR count). The Morgan fingerprint density at radius 3 is 2.36 bits per heavy atom. The summed E-state index contributed by atoms with van der Waals surface area (Å²) in [5, 5.41) is 3.16. The molecule has 0 bridgehead atoms. The van der Waals surface area contributed by atoms with E-state index in [9.17, 15) is 13.2 Å². The Kier molecular flexibility index (Phi) is 4.31. The second-order valence-corrected chi connectivity index (χ2v) is 8.23. The van der Waals surface area contributed by atoms with Crippen molar-refractivity contribution in [1.82, 2.24) is 0 Å². The number of methoxy groups -OCH3 is 1. The predicted octanol–water partition coefficient (Wildman–Crippen LogP) is 4.10. The number of aryl methyl sites for hydroxylation is 1. The highest BCUT2D eigenvalue weighted by Gasteiger charge is 2.36. The normalized spacial score (nSPS) is 13.2. The van der Waals surface area contributed by atoms with Crippen LogP contribution in [0.2, 0.25) is 0 Å². The number of amides is 1. The highest BCUT2D eigenvalue weighted by atomic mass is 32.2. The molecule has 6 nitrogen and oxygen atoms in total. The lowest BCUT2D eigenvalue weighted by molar-refractivity contribution is 0.101. The topological polar surface area (TPSA) is 75.7 Å². The molecule has 0 saturated carbocycles. The maximum absolute atomic E-state index is 13.4. The van der Waals surface area contributed by atoms with E-state index in [1.165, 1.54) is 19.2 Å². The summed E-state index contributed by atoms with van der Waals surface area (Å²) >= 11 is 0. The molecule has 0 saturated heterocycles.